The van der Waals surface area contributed by atoms with Crippen LogP contribution in [0.15, 0.2) is 36.4 Å². The molecular formula is C24H27NO3S2. The van der Waals surface area contributed by atoms with Crippen LogP contribution in [0.25, 0.3) is 20.2 Å². The molecule has 0 saturated heterocycles. The first kappa shape index (κ1) is 22.5. The lowest BCUT2D eigenvalue weighted by Gasteiger charge is -2.33. The SMILES string of the molecule is CC#Cc1ccc2sc3ccc([C@](C)(CC(=O)OC)N[S@](=O)C(C)(C)C)cc3c2c1. The van der Waals surface area contributed by atoms with Gasteiger partial charge in [-0.25, -0.2) is 8.93 Å². The predicted octanol–water partition coefficient (Wildman–Crippen LogP) is 5.26. The maximum atomic E-state index is 12.9. The third kappa shape index (κ3) is 4.59. The van der Waals surface area contributed by atoms with Gasteiger partial charge in [0, 0.05) is 25.7 Å². The average Bonchev–Trinajstić information content (AvgIpc) is 3.04. The van der Waals surface area contributed by atoms with E-state index in [1.807, 2.05) is 46.8 Å². The summed E-state index contributed by atoms with van der Waals surface area (Å²) in [6.45, 7) is 9.44. The van der Waals surface area contributed by atoms with E-state index in [1.54, 1.807) is 11.3 Å². The fourth-order valence-electron chi connectivity index (χ4n) is 3.26. The second-order valence-corrected chi connectivity index (χ2v) is 11.5. The zero-order chi connectivity index (χ0) is 22.1. The molecule has 4 nitrogen and oxygen atoms in total. The zero-order valence-electron chi connectivity index (χ0n) is 18.2. The molecule has 0 aliphatic carbocycles. The maximum absolute atomic E-state index is 12.9. The van der Waals surface area contributed by atoms with Crippen LogP contribution >= 0.6 is 11.3 Å². The summed E-state index contributed by atoms with van der Waals surface area (Å²) in [5, 5.41) is 2.24. The molecule has 6 heteroatoms. The second-order valence-electron chi connectivity index (χ2n) is 8.47. The van der Waals surface area contributed by atoms with Gasteiger partial charge in [-0.3, -0.25) is 4.79 Å². The fourth-order valence-corrected chi connectivity index (χ4v) is 5.23. The van der Waals surface area contributed by atoms with Crippen LogP contribution < -0.4 is 4.72 Å². The molecule has 3 aromatic rings. The van der Waals surface area contributed by atoms with Crippen molar-refractivity contribution in [1.82, 2.24) is 4.72 Å². The predicted molar refractivity (Wildman–Crippen MR) is 127 cm³/mol. The minimum absolute atomic E-state index is 0.0749. The molecule has 0 aliphatic rings. The third-order valence-electron chi connectivity index (χ3n) is 4.98. The van der Waals surface area contributed by atoms with E-state index in [0.29, 0.717) is 0 Å². The van der Waals surface area contributed by atoms with E-state index in [2.05, 4.69) is 40.8 Å². The molecule has 0 saturated carbocycles. The fraction of sp³-hybridized carbons (Fsp3) is 0.375. The van der Waals surface area contributed by atoms with Crippen LogP contribution in [0.4, 0.5) is 0 Å². The van der Waals surface area contributed by atoms with Crippen molar-refractivity contribution in [2.24, 2.45) is 0 Å². The van der Waals surface area contributed by atoms with Crippen molar-refractivity contribution < 1.29 is 13.7 Å². The van der Waals surface area contributed by atoms with Crippen molar-refractivity contribution in [3.8, 4) is 11.8 Å². The van der Waals surface area contributed by atoms with Crippen molar-refractivity contribution >= 4 is 48.5 Å². The van der Waals surface area contributed by atoms with Gasteiger partial charge in [0.15, 0.2) is 0 Å². The number of rotatable bonds is 5. The van der Waals surface area contributed by atoms with Crippen molar-refractivity contribution in [2.75, 3.05) is 7.11 Å². The van der Waals surface area contributed by atoms with E-state index in [-0.39, 0.29) is 12.4 Å². The first-order valence-corrected chi connectivity index (χ1v) is 11.7. The smallest absolute Gasteiger partial charge is 0.307 e. The standard InChI is InChI=1S/C24H27NO3S2/c1-7-8-16-9-11-20-18(13-16)19-14-17(10-12-21(19)29-20)24(5,15-22(26)28-6)25-30(27)23(2,3)4/h9-14,25H,15H2,1-6H3/t24-,30+/m0/s1. The molecule has 158 valence electrons. The van der Waals surface area contributed by atoms with Gasteiger partial charge in [-0.1, -0.05) is 12.0 Å². The summed E-state index contributed by atoms with van der Waals surface area (Å²) >= 11 is 1.72. The second kappa shape index (κ2) is 8.50. The first-order valence-electron chi connectivity index (χ1n) is 9.73. The van der Waals surface area contributed by atoms with Crippen molar-refractivity contribution in [1.29, 1.82) is 0 Å². The lowest BCUT2D eigenvalue weighted by molar-refractivity contribution is -0.142. The van der Waals surface area contributed by atoms with E-state index >= 15 is 0 Å². The highest BCUT2D eigenvalue weighted by atomic mass is 32.2. The number of fused-ring (bicyclic) bond motifs is 3. The molecule has 0 fully saturated rings. The zero-order valence-corrected chi connectivity index (χ0v) is 19.8. The first-order chi connectivity index (χ1) is 14.1. The van der Waals surface area contributed by atoms with E-state index < -0.39 is 21.3 Å². The lowest BCUT2D eigenvalue weighted by Crippen LogP contribution is -2.47. The number of hydrogen-bond acceptors (Lipinski definition) is 4. The van der Waals surface area contributed by atoms with Crippen LogP contribution in [0, 0.1) is 11.8 Å². The number of nitrogens with one attached hydrogen (secondary N) is 1. The van der Waals surface area contributed by atoms with Crippen LogP contribution in [0.1, 0.15) is 52.2 Å². The van der Waals surface area contributed by atoms with E-state index in [1.165, 1.54) is 11.8 Å². The highest BCUT2D eigenvalue weighted by Crippen LogP contribution is 2.38. The minimum Gasteiger partial charge on any atom is -0.469 e. The van der Waals surface area contributed by atoms with Gasteiger partial charge in [0.2, 0.25) is 0 Å². The lowest BCUT2D eigenvalue weighted by atomic mass is 9.89. The maximum Gasteiger partial charge on any atom is 0.307 e. The molecule has 2 aromatic carbocycles. The average molecular weight is 442 g/mol. The van der Waals surface area contributed by atoms with Gasteiger partial charge in [0.25, 0.3) is 0 Å². The molecule has 30 heavy (non-hydrogen) atoms. The summed E-state index contributed by atoms with van der Waals surface area (Å²) < 4.78 is 22.9. The Morgan fingerprint density at radius 2 is 1.73 bits per heavy atom. The van der Waals surface area contributed by atoms with E-state index in [9.17, 15) is 9.00 Å². The molecule has 0 aliphatic heterocycles. The number of methoxy groups -OCH3 is 1. The molecule has 0 radical (unpaired) electrons. The third-order valence-corrected chi connectivity index (χ3v) is 7.88. The van der Waals surface area contributed by atoms with Crippen LogP contribution in [-0.4, -0.2) is 22.0 Å². The Kier molecular flexibility index (Phi) is 6.37. The number of ether oxygens (including phenoxy) is 1. The number of benzene rings is 2. The van der Waals surface area contributed by atoms with Gasteiger partial charge in [0.05, 0.1) is 34.8 Å². The van der Waals surface area contributed by atoms with Crippen LogP contribution in [0.5, 0.6) is 0 Å². The van der Waals surface area contributed by atoms with Gasteiger partial charge in [-0.2, -0.15) is 0 Å². The summed E-state index contributed by atoms with van der Waals surface area (Å²) in [4.78, 5) is 12.2. The number of carbonyl (C=O) groups excluding carboxylic acids is 1. The molecule has 1 heterocycles. The number of carbonyl (C=O) groups is 1. The van der Waals surface area contributed by atoms with Gasteiger partial charge in [-0.05, 0) is 70.5 Å². The molecule has 0 unspecified atom stereocenters. The highest BCUT2D eigenvalue weighted by molar-refractivity contribution is 7.84. The minimum atomic E-state index is -1.36. The highest BCUT2D eigenvalue weighted by Gasteiger charge is 2.35. The molecule has 0 spiro atoms. The summed E-state index contributed by atoms with van der Waals surface area (Å²) in [7, 11) is 0.0137. The monoisotopic (exact) mass is 441 g/mol. The van der Waals surface area contributed by atoms with Crippen molar-refractivity contribution in [3.05, 3.63) is 47.5 Å². The Morgan fingerprint density at radius 1 is 1.10 bits per heavy atom. The Balaban J connectivity index is 2.16. The quantitative estimate of drug-likeness (QED) is 0.434. The Labute approximate surface area is 184 Å². The topological polar surface area (TPSA) is 55.4 Å². The molecule has 0 bridgehead atoms. The summed E-state index contributed by atoms with van der Waals surface area (Å²) in [6, 6.07) is 12.4. The normalized spacial score (nSPS) is 14.7. The largest absolute Gasteiger partial charge is 0.469 e. The number of thiophene rings is 1. The Hall–Kier alpha value is -2.20. The van der Waals surface area contributed by atoms with Crippen molar-refractivity contribution in [2.45, 2.75) is 51.3 Å². The van der Waals surface area contributed by atoms with Gasteiger partial charge in [0.1, 0.15) is 0 Å². The molecule has 1 aromatic heterocycles. The van der Waals surface area contributed by atoms with E-state index in [4.69, 9.17) is 4.74 Å². The molecule has 1 N–H and O–H groups in total. The van der Waals surface area contributed by atoms with Gasteiger partial charge >= 0.3 is 5.97 Å². The van der Waals surface area contributed by atoms with Crippen LogP contribution in [0.2, 0.25) is 0 Å². The van der Waals surface area contributed by atoms with Crippen LogP contribution in [0.3, 0.4) is 0 Å². The van der Waals surface area contributed by atoms with E-state index in [0.717, 1.165) is 26.6 Å². The summed E-state index contributed by atoms with van der Waals surface area (Å²) in [6.07, 6.45) is 0.0749. The van der Waals surface area contributed by atoms with Crippen molar-refractivity contribution in [3.63, 3.8) is 0 Å². The Morgan fingerprint density at radius 3 is 2.33 bits per heavy atom. The number of hydrogen-bond donors (Lipinski definition) is 1. The van der Waals surface area contributed by atoms with Gasteiger partial charge in [-0.15, -0.1) is 17.3 Å². The molecule has 3 rings (SSSR count). The molecular weight excluding hydrogens is 414 g/mol. The van der Waals surface area contributed by atoms with Crippen LogP contribution in [-0.2, 0) is 26.1 Å². The number of esters is 1. The summed E-state index contributed by atoms with van der Waals surface area (Å²) in [5.74, 6) is 5.71. The van der Waals surface area contributed by atoms with Gasteiger partial charge < -0.3 is 4.74 Å². The Bertz CT molecular complexity index is 1190. The molecule has 0 amide bonds. The molecule has 2 atom stereocenters. The summed E-state index contributed by atoms with van der Waals surface area (Å²) in [5.41, 5.74) is 1.03.